The van der Waals surface area contributed by atoms with Crippen molar-refractivity contribution in [2.75, 3.05) is 32.5 Å². The Morgan fingerprint density at radius 3 is 2.54 bits per heavy atom. The molecule has 0 saturated heterocycles. The molecule has 1 heterocycles. The van der Waals surface area contributed by atoms with Crippen LogP contribution in [0.3, 0.4) is 0 Å². The Balaban J connectivity index is 0. The molecule has 24 heavy (non-hydrogen) atoms. The normalized spacial score (nSPS) is 15.8. The van der Waals surface area contributed by atoms with E-state index in [9.17, 15) is 24.3 Å². The topological polar surface area (TPSA) is 125 Å². The molecular formula is C12H21N2Na2O6PS. The third kappa shape index (κ3) is 10.0. The molecule has 0 aliphatic carbocycles. The van der Waals surface area contributed by atoms with E-state index in [-0.39, 0.29) is 59.1 Å². The van der Waals surface area contributed by atoms with Gasteiger partial charge in [-0.1, -0.05) is 13.8 Å². The number of carbonyl (C=O) groups excluding carboxylic acids is 1. The van der Waals surface area contributed by atoms with Crippen LogP contribution in [0.25, 0.3) is 0 Å². The van der Waals surface area contributed by atoms with Crippen LogP contribution in [-0.4, -0.2) is 59.6 Å². The molecule has 1 amide bonds. The number of phosphoric ester groups is 1. The molecule has 0 bridgehead atoms. The number of rotatable bonds is 8. The van der Waals surface area contributed by atoms with E-state index in [0.717, 1.165) is 17.3 Å². The quantitative estimate of drug-likeness (QED) is 0.318. The van der Waals surface area contributed by atoms with Gasteiger partial charge in [0, 0.05) is 37.7 Å². The van der Waals surface area contributed by atoms with Crippen LogP contribution in [0, 0.1) is 5.41 Å². The molecule has 0 radical (unpaired) electrons. The van der Waals surface area contributed by atoms with Crippen molar-refractivity contribution in [3.05, 3.63) is 0 Å². The number of amides is 1. The second-order valence-corrected chi connectivity index (χ2v) is 8.07. The maximum Gasteiger partial charge on any atom is 1.00 e. The number of hydrogen-bond donors (Lipinski definition) is 1. The predicted octanol–water partition coefficient (Wildman–Crippen LogP) is -6.78. The number of aliphatic imine (C=N–C) groups is 1. The fourth-order valence-electron chi connectivity index (χ4n) is 1.77. The van der Waals surface area contributed by atoms with Crippen LogP contribution < -0.4 is 68.9 Å². The van der Waals surface area contributed by atoms with Crippen LogP contribution in [0.15, 0.2) is 4.99 Å². The van der Waals surface area contributed by atoms with E-state index in [1.165, 1.54) is 18.7 Å². The summed E-state index contributed by atoms with van der Waals surface area (Å²) in [7, 11) is -3.59. The minimum atomic E-state index is -5.14. The van der Waals surface area contributed by atoms with Gasteiger partial charge in [-0.15, -0.1) is 11.8 Å². The summed E-state index contributed by atoms with van der Waals surface area (Å²) in [5.41, 5.74) is -1.20. The average molecular weight is 398 g/mol. The van der Waals surface area contributed by atoms with Gasteiger partial charge in [0.15, 0.2) is 0 Å². The summed E-state index contributed by atoms with van der Waals surface area (Å²) in [6.45, 7) is 3.54. The van der Waals surface area contributed by atoms with E-state index in [2.05, 4.69) is 9.52 Å². The van der Waals surface area contributed by atoms with Crippen LogP contribution in [-0.2, 0) is 13.9 Å². The number of phosphoric acid groups is 1. The number of nitrogens with zero attached hydrogens (tertiary/aromatic N) is 2. The van der Waals surface area contributed by atoms with Gasteiger partial charge in [-0.25, -0.2) is 0 Å². The van der Waals surface area contributed by atoms with Crippen LogP contribution >= 0.6 is 19.6 Å². The second-order valence-electron chi connectivity index (χ2n) is 5.75. The molecular weight excluding hydrogens is 377 g/mol. The smallest absolute Gasteiger partial charge is 0.790 e. The number of likely N-dealkylation sites (N-methyl/N-ethyl adjacent to an activating group) is 1. The van der Waals surface area contributed by atoms with Gasteiger partial charge in [-0.3, -0.25) is 9.79 Å². The van der Waals surface area contributed by atoms with Gasteiger partial charge in [0.05, 0.1) is 19.5 Å². The van der Waals surface area contributed by atoms with Crippen molar-refractivity contribution in [3.63, 3.8) is 0 Å². The van der Waals surface area contributed by atoms with Crippen molar-refractivity contribution >= 4 is 30.5 Å². The zero-order chi connectivity index (χ0) is 17.0. The van der Waals surface area contributed by atoms with Crippen molar-refractivity contribution in [2.24, 2.45) is 10.4 Å². The Bertz CT molecular complexity index is 488. The average Bonchev–Trinajstić information content (AvgIpc) is 2.93. The van der Waals surface area contributed by atoms with Crippen LogP contribution in [0.4, 0.5) is 0 Å². The zero-order valence-electron chi connectivity index (χ0n) is 14.9. The first-order chi connectivity index (χ1) is 10.0. The molecule has 0 aromatic rings. The molecule has 0 aromatic carbocycles. The van der Waals surface area contributed by atoms with Crippen molar-refractivity contribution in [3.8, 4) is 0 Å². The zero-order valence-corrected chi connectivity index (χ0v) is 20.6. The molecule has 0 aromatic heterocycles. The number of hydrogen-bond acceptors (Lipinski definition) is 8. The Kier molecular flexibility index (Phi) is 14.0. The van der Waals surface area contributed by atoms with Gasteiger partial charge in [0.2, 0.25) is 0 Å². The summed E-state index contributed by atoms with van der Waals surface area (Å²) in [4.78, 5) is 38.8. The Morgan fingerprint density at radius 1 is 1.50 bits per heavy atom. The molecule has 1 atom stereocenters. The van der Waals surface area contributed by atoms with E-state index in [1.54, 1.807) is 18.8 Å². The van der Waals surface area contributed by atoms with E-state index in [0.29, 0.717) is 13.0 Å². The first-order valence-electron chi connectivity index (χ1n) is 6.79. The van der Waals surface area contributed by atoms with Crippen LogP contribution in [0.5, 0.6) is 0 Å². The van der Waals surface area contributed by atoms with E-state index in [1.807, 2.05) is 0 Å². The van der Waals surface area contributed by atoms with Gasteiger partial charge < -0.3 is 28.9 Å². The summed E-state index contributed by atoms with van der Waals surface area (Å²) in [5, 5.41) is 11.1. The van der Waals surface area contributed by atoms with Crippen LogP contribution in [0.2, 0.25) is 0 Å². The van der Waals surface area contributed by atoms with Crippen LogP contribution in [0.1, 0.15) is 20.3 Å². The summed E-state index contributed by atoms with van der Waals surface area (Å²) in [6, 6.07) is 0. The molecule has 128 valence electrons. The standard InChI is InChI=1S/C12H23N2O6PS.2Na/c1-12(2,8-20-21(17,18)19)10(15)11(16)14(3)6-4-9-13-5-7-22-9;;/h10,15H,4-8H2,1-3H3,(H2,17,18,19);;/q;2*+1/p-2/t10-;;/m0../s1. The SMILES string of the molecule is CN(CCC1=NCCS1)C(=O)[C@H](O)C(C)(C)COP(=O)([O-])[O-].[Na+].[Na+]. The van der Waals surface area contributed by atoms with Crippen molar-refractivity contribution in [2.45, 2.75) is 26.4 Å². The van der Waals surface area contributed by atoms with E-state index in [4.69, 9.17) is 0 Å². The maximum absolute atomic E-state index is 12.2. The maximum atomic E-state index is 12.2. The van der Waals surface area contributed by atoms with Gasteiger partial charge in [0.25, 0.3) is 5.91 Å². The number of carbonyl (C=O) groups is 1. The van der Waals surface area contributed by atoms with E-state index < -0.39 is 31.9 Å². The number of thioether (sulfide) groups is 1. The molecule has 1 rings (SSSR count). The molecule has 0 unspecified atom stereocenters. The molecule has 1 aliphatic heterocycles. The van der Waals surface area contributed by atoms with Gasteiger partial charge >= 0.3 is 59.1 Å². The third-order valence-electron chi connectivity index (χ3n) is 3.25. The Labute approximate surface area is 191 Å². The Hall–Kier alpha value is 1.56. The number of aliphatic hydroxyl groups excluding tert-OH is 1. The Morgan fingerprint density at radius 2 is 2.08 bits per heavy atom. The second kappa shape index (κ2) is 12.1. The van der Waals surface area contributed by atoms with Gasteiger partial charge in [-0.05, 0) is 0 Å². The molecule has 1 aliphatic rings. The van der Waals surface area contributed by atoms with Crippen molar-refractivity contribution in [1.29, 1.82) is 0 Å². The monoisotopic (exact) mass is 398 g/mol. The summed E-state index contributed by atoms with van der Waals surface area (Å²) in [6.07, 6.45) is -0.852. The summed E-state index contributed by atoms with van der Waals surface area (Å²) < 4.78 is 14.7. The molecule has 0 spiro atoms. The number of aliphatic hydroxyl groups is 1. The molecule has 0 fully saturated rings. The van der Waals surface area contributed by atoms with Gasteiger partial charge in [-0.2, -0.15) is 0 Å². The van der Waals surface area contributed by atoms with E-state index >= 15 is 0 Å². The largest absolute Gasteiger partial charge is 1.00 e. The summed E-state index contributed by atoms with van der Waals surface area (Å²) >= 11 is 1.65. The fourth-order valence-corrected chi connectivity index (χ4v) is 3.10. The van der Waals surface area contributed by atoms with Gasteiger partial charge in [0.1, 0.15) is 6.10 Å². The molecule has 8 nitrogen and oxygen atoms in total. The first-order valence-corrected chi connectivity index (χ1v) is 9.23. The molecule has 1 N–H and O–H groups in total. The fraction of sp³-hybridized carbons (Fsp3) is 0.833. The third-order valence-corrected chi connectivity index (χ3v) is 4.75. The predicted molar refractivity (Wildman–Crippen MR) is 80.4 cm³/mol. The molecule has 12 heteroatoms. The minimum Gasteiger partial charge on any atom is -0.790 e. The van der Waals surface area contributed by atoms with Crippen molar-refractivity contribution in [1.82, 2.24) is 4.90 Å². The summed E-state index contributed by atoms with van der Waals surface area (Å²) in [5.74, 6) is 0.397. The molecule has 0 saturated carbocycles. The minimum absolute atomic E-state index is 0. The first kappa shape index (κ1) is 27.8. The van der Waals surface area contributed by atoms with Crippen molar-refractivity contribution < 1.29 is 87.9 Å².